The van der Waals surface area contributed by atoms with E-state index in [1.165, 1.54) is 17.4 Å². The predicted molar refractivity (Wildman–Crippen MR) is 67.0 cm³/mol. The fourth-order valence-electron chi connectivity index (χ4n) is 1.58. The lowest BCUT2D eigenvalue weighted by Gasteiger charge is -2.11. The Morgan fingerprint density at radius 3 is 2.47 bits per heavy atom. The van der Waals surface area contributed by atoms with Crippen LogP contribution in [0.2, 0.25) is 0 Å². The van der Waals surface area contributed by atoms with Crippen molar-refractivity contribution < 1.29 is 13.9 Å². The number of hydrogen-bond acceptors (Lipinski definition) is 2. The normalized spacial score (nSPS) is 12.7. The Balaban J connectivity index is 2.22. The maximum atomic E-state index is 13.4. The van der Waals surface area contributed by atoms with E-state index in [9.17, 15) is 13.9 Å². The molecule has 0 spiro atoms. The fraction of sp³-hybridized carbons (Fsp3) is 0.167. The second-order valence-electron chi connectivity index (χ2n) is 3.59. The highest BCUT2D eigenvalue weighted by atomic mass is 79.9. The van der Waals surface area contributed by atoms with E-state index in [-0.39, 0.29) is 12.0 Å². The molecule has 0 saturated carbocycles. The standard InChI is InChI=1S/C12H9BrF2OS/c13-7-4-8(17-6-7)5-11(16)12-9(14)2-1-3-10(12)15/h1-4,6,11,16H,5H2. The van der Waals surface area contributed by atoms with E-state index in [1.54, 1.807) is 0 Å². The van der Waals surface area contributed by atoms with Gasteiger partial charge in [-0.3, -0.25) is 0 Å². The summed E-state index contributed by atoms with van der Waals surface area (Å²) >= 11 is 4.72. The van der Waals surface area contributed by atoms with Crippen LogP contribution in [-0.2, 0) is 6.42 Å². The van der Waals surface area contributed by atoms with Crippen molar-refractivity contribution in [3.63, 3.8) is 0 Å². The van der Waals surface area contributed by atoms with E-state index in [2.05, 4.69) is 15.9 Å². The molecule has 0 bridgehead atoms. The molecule has 1 nitrogen and oxygen atoms in total. The second-order valence-corrected chi connectivity index (χ2v) is 5.50. The van der Waals surface area contributed by atoms with Gasteiger partial charge in [-0.1, -0.05) is 6.07 Å². The molecule has 90 valence electrons. The Morgan fingerprint density at radius 2 is 1.94 bits per heavy atom. The number of benzene rings is 1. The molecule has 0 aliphatic heterocycles. The van der Waals surface area contributed by atoms with Crippen molar-refractivity contribution in [3.8, 4) is 0 Å². The summed E-state index contributed by atoms with van der Waals surface area (Å²) in [6.45, 7) is 0. The number of aliphatic hydroxyl groups is 1. The minimum absolute atomic E-state index is 0.202. The van der Waals surface area contributed by atoms with Crippen molar-refractivity contribution >= 4 is 27.3 Å². The molecular weight excluding hydrogens is 310 g/mol. The minimum atomic E-state index is -1.17. The molecule has 1 atom stereocenters. The minimum Gasteiger partial charge on any atom is -0.388 e. The molecule has 1 heterocycles. The van der Waals surface area contributed by atoms with Crippen LogP contribution in [0.5, 0.6) is 0 Å². The van der Waals surface area contributed by atoms with Gasteiger partial charge in [0.15, 0.2) is 0 Å². The van der Waals surface area contributed by atoms with E-state index in [0.29, 0.717) is 0 Å². The molecule has 2 rings (SSSR count). The SMILES string of the molecule is OC(Cc1cc(Br)cs1)c1c(F)cccc1F. The van der Waals surface area contributed by atoms with Crippen LogP contribution in [-0.4, -0.2) is 5.11 Å². The van der Waals surface area contributed by atoms with Crippen molar-refractivity contribution in [3.05, 3.63) is 56.2 Å². The van der Waals surface area contributed by atoms with E-state index in [0.717, 1.165) is 21.5 Å². The van der Waals surface area contributed by atoms with Gasteiger partial charge in [-0.25, -0.2) is 8.78 Å². The molecule has 5 heteroatoms. The number of rotatable bonds is 3. The predicted octanol–water partition coefficient (Wildman–Crippen LogP) is 4.06. The summed E-state index contributed by atoms with van der Waals surface area (Å²) in [5.74, 6) is -1.43. The van der Waals surface area contributed by atoms with Crippen molar-refractivity contribution in [2.24, 2.45) is 0 Å². The van der Waals surface area contributed by atoms with Gasteiger partial charge >= 0.3 is 0 Å². The van der Waals surface area contributed by atoms with E-state index < -0.39 is 17.7 Å². The third-order valence-electron chi connectivity index (χ3n) is 2.35. The Labute approximate surface area is 110 Å². The molecular formula is C12H9BrF2OS. The van der Waals surface area contributed by atoms with Gasteiger partial charge in [-0.15, -0.1) is 11.3 Å². The van der Waals surface area contributed by atoms with Crippen LogP contribution in [0, 0.1) is 11.6 Å². The summed E-state index contributed by atoms with van der Waals surface area (Å²) in [4.78, 5) is 0.868. The lowest BCUT2D eigenvalue weighted by molar-refractivity contribution is 0.169. The van der Waals surface area contributed by atoms with Crippen LogP contribution in [0.1, 0.15) is 16.5 Å². The van der Waals surface area contributed by atoms with Gasteiger partial charge in [-0.2, -0.15) is 0 Å². The van der Waals surface area contributed by atoms with E-state index >= 15 is 0 Å². The largest absolute Gasteiger partial charge is 0.388 e. The Kier molecular flexibility index (Phi) is 3.91. The van der Waals surface area contributed by atoms with Gasteiger partial charge in [0, 0.05) is 21.2 Å². The summed E-state index contributed by atoms with van der Waals surface area (Å²) in [6.07, 6.45) is -0.963. The first-order valence-electron chi connectivity index (χ1n) is 4.93. The van der Waals surface area contributed by atoms with Gasteiger partial charge in [-0.05, 0) is 34.1 Å². The molecule has 0 aliphatic rings. The first-order chi connectivity index (χ1) is 8.08. The molecule has 2 aromatic rings. The smallest absolute Gasteiger partial charge is 0.131 e. The molecule has 0 saturated heterocycles. The number of aliphatic hydroxyl groups excluding tert-OH is 1. The van der Waals surface area contributed by atoms with E-state index in [4.69, 9.17) is 0 Å². The summed E-state index contributed by atoms with van der Waals surface area (Å²) < 4.78 is 27.7. The number of hydrogen-bond donors (Lipinski definition) is 1. The summed E-state index contributed by atoms with van der Waals surface area (Å²) in [7, 11) is 0. The highest BCUT2D eigenvalue weighted by Crippen LogP contribution is 2.28. The first-order valence-corrected chi connectivity index (χ1v) is 6.60. The Hall–Kier alpha value is -0.780. The third kappa shape index (κ3) is 2.91. The Bertz CT molecular complexity index is 507. The number of thiophene rings is 1. The average molecular weight is 319 g/mol. The zero-order valence-corrected chi connectivity index (χ0v) is 11.1. The second kappa shape index (κ2) is 5.25. The van der Waals surface area contributed by atoms with Gasteiger partial charge in [0.05, 0.1) is 11.7 Å². The first kappa shape index (κ1) is 12.7. The number of halogens is 3. The van der Waals surface area contributed by atoms with Gasteiger partial charge < -0.3 is 5.11 Å². The highest BCUT2D eigenvalue weighted by molar-refractivity contribution is 9.10. The van der Waals surface area contributed by atoms with E-state index in [1.807, 2.05) is 11.4 Å². The van der Waals surface area contributed by atoms with Crippen molar-refractivity contribution in [1.82, 2.24) is 0 Å². The van der Waals surface area contributed by atoms with Crippen LogP contribution in [0.25, 0.3) is 0 Å². The lowest BCUT2D eigenvalue weighted by Crippen LogP contribution is -2.06. The van der Waals surface area contributed by atoms with Crippen molar-refractivity contribution in [2.75, 3.05) is 0 Å². The average Bonchev–Trinajstić information content (AvgIpc) is 2.63. The van der Waals surface area contributed by atoms with Gasteiger partial charge in [0.2, 0.25) is 0 Å². The zero-order chi connectivity index (χ0) is 12.4. The summed E-state index contributed by atoms with van der Waals surface area (Å²) in [5.41, 5.74) is -0.267. The molecule has 1 aromatic heterocycles. The summed E-state index contributed by atoms with van der Waals surface area (Å²) in [5, 5.41) is 11.7. The highest BCUT2D eigenvalue weighted by Gasteiger charge is 2.18. The maximum absolute atomic E-state index is 13.4. The monoisotopic (exact) mass is 318 g/mol. The van der Waals surface area contributed by atoms with Crippen LogP contribution in [0.15, 0.2) is 34.1 Å². The zero-order valence-electron chi connectivity index (χ0n) is 8.66. The Morgan fingerprint density at radius 1 is 1.29 bits per heavy atom. The third-order valence-corrected chi connectivity index (χ3v) is 4.07. The topological polar surface area (TPSA) is 20.2 Å². The lowest BCUT2D eigenvalue weighted by atomic mass is 10.0. The molecule has 0 radical (unpaired) electrons. The van der Waals surface area contributed by atoms with Crippen molar-refractivity contribution in [2.45, 2.75) is 12.5 Å². The summed E-state index contributed by atoms with van der Waals surface area (Å²) in [6, 6.07) is 5.40. The molecule has 17 heavy (non-hydrogen) atoms. The van der Waals surface area contributed by atoms with Gasteiger partial charge in [0.25, 0.3) is 0 Å². The molecule has 0 amide bonds. The molecule has 1 unspecified atom stereocenters. The van der Waals surface area contributed by atoms with Crippen LogP contribution >= 0.6 is 27.3 Å². The quantitative estimate of drug-likeness (QED) is 0.904. The maximum Gasteiger partial charge on any atom is 0.131 e. The van der Waals surface area contributed by atoms with Crippen LogP contribution in [0.4, 0.5) is 8.78 Å². The fourth-order valence-corrected chi connectivity index (χ4v) is 3.07. The molecule has 1 aromatic carbocycles. The van der Waals surface area contributed by atoms with Crippen molar-refractivity contribution in [1.29, 1.82) is 0 Å². The molecule has 0 fully saturated rings. The van der Waals surface area contributed by atoms with Gasteiger partial charge in [0.1, 0.15) is 11.6 Å². The molecule has 0 aliphatic carbocycles. The van der Waals surface area contributed by atoms with Crippen LogP contribution in [0.3, 0.4) is 0 Å². The van der Waals surface area contributed by atoms with Crippen LogP contribution < -0.4 is 0 Å². The molecule has 1 N–H and O–H groups in total.